The van der Waals surface area contributed by atoms with E-state index in [1.165, 1.54) is 6.42 Å². The fraction of sp³-hybridized carbons (Fsp3) is 0.765. The van der Waals surface area contributed by atoms with Crippen LogP contribution in [0, 0.1) is 11.3 Å². The number of rotatable bonds is 4. The summed E-state index contributed by atoms with van der Waals surface area (Å²) in [5.41, 5.74) is 2.05. The Morgan fingerprint density at radius 2 is 1.63 bits per heavy atom. The van der Waals surface area contributed by atoms with Crippen molar-refractivity contribution in [3.63, 3.8) is 0 Å². The number of benzene rings is 1. The Kier molecular flexibility index (Phi) is 7.12. The summed E-state index contributed by atoms with van der Waals surface area (Å²) in [5.74, 6) is 0.381. The Morgan fingerprint density at radius 3 is 2.23 bits per heavy atom. The van der Waals surface area contributed by atoms with Gasteiger partial charge in [0, 0.05) is 44.0 Å². The van der Waals surface area contributed by atoms with Gasteiger partial charge in [0.15, 0.2) is 0 Å². The highest BCUT2D eigenvalue weighted by Gasteiger charge is 2.57. The second-order valence-corrected chi connectivity index (χ2v) is 16.0. The molecule has 5 heterocycles. The molecule has 5 fully saturated rings. The maximum atomic E-state index is 14.6. The number of likely N-dealkylation sites (tertiary alicyclic amines) is 2. The zero-order chi connectivity index (χ0) is 30.4. The van der Waals surface area contributed by atoms with E-state index in [1.54, 1.807) is 0 Å². The summed E-state index contributed by atoms with van der Waals surface area (Å²) in [4.78, 5) is 34.8. The first-order valence-electron chi connectivity index (χ1n) is 16.7. The first-order valence-corrected chi connectivity index (χ1v) is 16.7. The van der Waals surface area contributed by atoms with Crippen LogP contribution in [-0.4, -0.2) is 91.4 Å². The first-order chi connectivity index (χ1) is 20.3. The first kappa shape index (κ1) is 29.8. The Hall–Kier alpha value is -1.94. The monoisotopic (exact) mass is 591 g/mol. The van der Waals surface area contributed by atoms with Gasteiger partial charge in [-0.1, -0.05) is 26.0 Å². The zero-order valence-electron chi connectivity index (χ0n) is 27.1. The van der Waals surface area contributed by atoms with Crippen molar-refractivity contribution in [1.82, 2.24) is 9.80 Å². The number of ether oxygens (including phenoxy) is 1. The van der Waals surface area contributed by atoms with Crippen LogP contribution in [0.15, 0.2) is 18.2 Å². The van der Waals surface area contributed by atoms with E-state index in [2.05, 4.69) is 69.5 Å². The van der Waals surface area contributed by atoms with Gasteiger partial charge < -0.3 is 23.8 Å². The summed E-state index contributed by atoms with van der Waals surface area (Å²) in [6.07, 6.45) is 6.45. The van der Waals surface area contributed by atoms with Gasteiger partial charge in [-0.2, -0.15) is 0 Å². The number of carbonyl (C=O) groups is 2. The van der Waals surface area contributed by atoms with E-state index >= 15 is 0 Å². The molecule has 5 aliphatic heterocycles. The number of hydrogen-bond acceptors (Lipinski definition) is 6. The van der Waals surface area contributed by atoms with Gasteiger partial charge in [-0.25, -0.2) is 0 Å². The molecular weight excluding hydrogens is 541 g/mol. The van der Waals surface area contributed by atoms with Crippen molar-refractivity contribution < 1.29 is 23.6 Å². The smallest absolute Gasteiger partial charge is 0.399 e. The molecule has 1 aromatic carbocycles. The van der Waals surface area contributed by atoms with Crippen LogP contribution in [0.25, 0.3) is 0 Å². The Labute approximate surface area is 257 Å². The average Bonchev–Trinajstić information content (AvgIpc) is 3.50. The zero-order valence-corrected chi connectivity index (χ0v) is 27.1. The predicted octanol–water partition coefficient (Wildman–Crippen LogP) is 3.88. The molecule has 4 saturated heterocycles. The third kappa shape index (κ3) is 4.88. The normalized spacial score (nSPS) is 32.7. The molecule has 0 aromatic heterocycles. The molecule has 0 bridgehead atoms. The Bertz CT molecular complexity index is 1260. The topological polar surface area (TPSA) is 71.6 Å². The lowest BCUT2D eigenvalue weighted by Crippen LogP contribution is -2.58. The third-order valence-electron chi connectivity index (χ3n) is 12.1. The Morgan fingerprint density at radius 1 is 0.930 bits per heavy atom. The minimum absolute atomic E-state index is 0.0455. The predicted molar refractivity (Wildman–Crippen MR) is 167 cm³/mol. The van der Waals surface area contributed by atoms with E-state index < -0.39 is 23.7 Å². The number of anilines is 1. The van der Waals surface area contributed by atoms with Gasteiger partial charge in [-0.15, -0.1) is 0 Å². The molecule has 7 rings (SSSR count). The van der Waals surface area contributed by atoms with Gasteiger partial charge in [0.1, 0.15) is 0 Å². The van der Waals surface area contributed by atoms with Crippen molar-refractivity contribution in [2.24, 2.45) is 11.3 Å². The molecule has 1 aromatic rings. The standard InChI is InChI=1S/C34H50BN3O5/c1-31(2)11-14-37(22-31)25-19-26(20-25)38-28-18-24(35-42-32(3,4)33(5,6)43-35)9-10-27(28)34(30(38)40)12-15-36(16-13-34)29(39)23-8-7-17-41-21-23/h9-10,18,23,25-26H,7-8,11-17,19-22H2,1-6H3/t23?,25-,26+. The van der Waals surface area contributed by atoms with E-state index in [0.717, 1.165) is 62.1 Å². The third-order valence-corrected chi connectivity index (χ3v) is 12.1. The van der Waals surface area contributed by atoms with Gasteiger partial charge in [-0.3, -0.25) is 14.5 Å². The van der Waals surface area contributed by atoms with Crippen LogP contribution in [0.4, 0.5) is 5.69 Å². The average molecular weight is 592 g/mol. The summed E-state index contributed by atoms with van der Waals surface area (Å²) in [6.45, 7) is 17.8. The quantitative estimate of drug-likeness (QED) is 0.496. The van der Waals surface area contributed by atoms with E-state index in [1.807, 2.05) is 4.90 Å². The summed E-state index contributed by atoms with van der Waals surface area (Å²) in [7, 11) is -0.470. The molecule has 9 heteroatoms. The minimum atomic E-state index is -0.579. The molecule has 43 heavy (non-hydrogen) atoms. The molecule has 1 atom stereocenters. The number of piperidine rings is 1. The van der Waals surface area contributed by atoms with Crippen LogP contribution >= 0.6 is 0 Å². The number of carbonyl (C=O) groups excluding carboxylic acids is 2. The number of nitrogens with zero attached hydrogens (tertiary/aromatic N) is 3. The molecule has 1 spiro atoms. The second-order valence-electron chi connectivity index (χ2n) is 16.0. The fourth-order valence-electron chi connectivity index (χ4n) is 8.42. The van der Waals surface area contributed by atoms with Gasteiger partial charge in [-0.05, 0) is 102 Å². The van der Waals surface area contributed by atoms with Crippen molar-refractivity contribution in [2.45, 2.75) is 115 Å². The van der Waals surface area contributed by atoms with Gasteiger partial charge in [0.25, 0.3) is 0 Å². The van der Waals surface area contributed by atoms with Crippen LogP contribution in [0.1, 0.15) is 92.1 Å². The summed E-state index contributed by atoms with van der Waals surface area (Å²) in [5, 5.41) is 0. The van der Waals surface area contributed by atoms with E-state index in [9.17, 15) is 9.59 Å². The lowest BCUT2D eigenvalue weighted by Gasteiger charge is -2.47. The Balaban J connectivity index is 1.15. The van der Waals surface area contributed by atoms with Crippen molar-refractivity contribution in [1.29, 1.82) is 0 Å². The molecule has 234 valence electrons. The van der Waals surface area contributed by atoms with Crippen LogP contribution in [-0.2, 0) is 29.0 Å². The maximum Gasteiger partial charge on any atom is 0.494 e. The molecule has 1 saturated carbocycles. The van der Waals surface area contributed by atoms with E-state index in [-0.39, 0.29) is 23.8 Å². The van der Waals surface area contributed by atoms with E-state index in [0.29, 0.717) is 44.0 Å². The summed E-state index contributed by atoms with van der Waals surface area (Å²) in [6, 6.07) is 7.19. The minimum Gasteiger partial charge on any atom is -0.399 e. The van der Waals surface area contributed by atoms with Crippen molar-refractivity contribution >= 4 is 30.1 Å². The van der Waals surface area contributed by atoms with Crippen molar-refractivity contribution in [2.75, 3.05) is 44.3 Å². The van der Waals surface area contributed by atoms with Gasteiger partial charge >= 0.3 is 7.12 Å². The highest BCUT2D eigenvalue weighted by atomic mass is 16.7. The maximum absolute atomic E-state index is 14.6. The lowest BCUT2D eigenvalue weighted by atomic mass is 9.71. The van der Waals surface area contributed by atoms with Crippen LogP contribution in [0.2, 0.25) is 0 Å². The largest absolute Gasteiger partial charge is 0.494 e. The number of fused-ring (bicyclic) bond motifs is 2. The second kappa shape index (κ2) is 10.3. The molecule has 6 aliphatic rings. The van der Waals surface area contributed by atoms with Crippen LogP contribution in [0.3, 0.4) is 0 Å². The lowest BCUT2D eigenvalue weighted by molar-refractivity contribution is -0.143. The SMILES string of the molecule is CC1(C)CCN([C@H]2C[C@@H](N3C(=O)C4(CCN(C(=O)C5CCCOC5)CC4)c4ccc(B5OC(C)(C)C(C)(C)O5)cc43)C2)C1. The van der Waals surface area contributed by atoms with Crippen LogP contribution in [0.5, 0.6) is 0 Å². The van der Waals surface area contributed by atoms with E-state index in [4.69, 9.17) is 14.0 Å². The molecule has 1 unspecified atom stereocenters. The molecule has 2 amide bonds. The summed E-state index contributed by atoms with van der Waals surface area (Å²) < 4.78 is 18.5. The highest BCUT2D eigenvalue weighted by Crippen LogP contribution is 2.51. The molecule has 0 radical (unpaired) electrons. The number of amides is 2. The van der Waals surface area contributed by atoms with Gasteiger partial charge in [0.2, 0.25) is 11.8 Å². The highest BCUT2D eigenvalue weighted by molar-refractivity contribution is 6.62. The fourth-order valence-corrected chi connectivity index (χ4v) is 8.42. The van der Waals surface area contributed by atoms with Crippen molar-refractivity contribution in [3.05, 3.63) is 23.8 Å². The molecule has 1 aliphatic carbocycles. The number of hydrogen-bond donors (Lipinski definition) is 0. The van der Waals surface area contributed by atoms with Crippen LogP contribution < -0.4 is 10.4 Å². The molecular formula is C34H50BN3O5. The van der Waals surface area contributed by atoms with Crippen molar-refractivity contribution in [3.8, 4) is 0 Å². The molecule has 0 N–H and O–H groups in total. The van der Waals surface area contributed by atoms with Gasteiger partial charge in [0.05, 0.1) is 29.1 Å². The summed E-state index contributed by atoms with van der Waals surface area (Å²) >= 11 is 0. The molecule has 8 nitrogen and oxygen atoms in total.